The van der Waals surface area contributed by atoms with Crippen LogP contribution >= 0.6 is 0 Å². The number of carbonyl (C=O) groups is 1. The second-order valence-electron chi connectivity index (χ2n) is 6.18. The third kappa shape index (κ3) is 3.69. The van der Waals surface area contributed by atoms with Gasteiger partial charge in [0.25, 0.3) is 0 Å². The van der Waals surface area contributed by atoms with Crippen LogP contribution in [-0.2, 0) is 11.3 Å². The summed E-state index contributed by atoms with van der Waals surface area (Å²) in [7, 11) is 0. The van der Waals surface area contributed by atoms with Crippen LogP contribution in [0.3, 0.4) is 0 Å². The molecule has 0 aromatic heterocycles. The number of benzene rings is 2. The average molecular weight is 309 g/mol. The number of ketones is 1. The SMILES string of the molecule is Cc1cccc(C)c1C(=O)c1ccc(CN2CCOCC2)cc1. The average Bonchev–Trinajstić information content (AvgIpc) is 2.56. The van der Waals surface area contributed by atoms with Crippen molar-refractivity contribution in [2.24, 2.45) is 0 Å². The third-order valence-electron chi connectivity index (χ3n) is 4.43. The van der Waals surface area contributed by atoms with E-state index in [0.717, 1.165) is 55.1 Å². The molecule has 23 heavy (non-hydrogen) atoms. The van der Waals surface area contributed by atoms with Gasteiger partial charge in [-0.05, 0) is 30.5 Å². The quantitative estimate of drug-likeness (QED) is 0.811. The summed E-state index contributed by atoms with van der Waals surface area (Å²) in [6.07, 6.45) is 0. The van der Waals surface area contributed by atoms with Crippen LogP contribution in [0.1, 0.15) is 32.6 Å². The summed E-state index contributed by atoms with van der Waals surface area (Å²) in [5.74, 6) is 0.110. The van der Waals surface area contributed by atoms with Crippen molar-refractivity contribution in [3.63, 3.8) is 0 Å². The topological polar surface area (TPSA) is 29.5 Å². The van der Waals surface area contributed by atoms with Crippen molar-refractivity contribution in [3.8, 4) is 0 Å². The zero-order valence-corrected chi connectivity index (χ0v) is 13.8. The molecule has 0 spiro atoms. The van der Waals surface area contributed by atoms with Crippen LogP contribution in [0.4, 0.5) is 0 Å². The molecule has 0 bridgehead atoms. The number of carbonyl (C=O) groups excluding carboxylic acids is 1. The molecule has 2 aromatic rings. The highest BCUT2D eigenvalue weighted by Gasteiger charge is 2.15. The minimum absolute atomic E-state index is 0.110. The Morgan fingerprint density at radius 2 is 1.61 bits per heavy atom. The Balaban J connectivity index is 1.75. The van der Waals surface area contributed by atoms with E-state index in [1.54, 1.807) is 0 Å². The van der Waals surface area contributed by atoms with Crippen molar-refractivity contribution in [2.75, 3.05) is 26.3 Å². The fraction of sp³-hybridized carbons (Fsp3) is 0.350. The molecular weight excluding hydrogens is 286 g/mol. The first kappa shape index (κ1) is 15.9. The lowest BCUT2D eigenvalue weighted by Gasteiger charge is -2.26. The molecule has 1 heterocycles. The van der Waals surface area contributed by atoms with Gasteiger partial charge in [0.05, 0.1) is 13.2 Å². The van der Waals surface area contributed by atoms with E-state index in [4.69, 9.17) is 4.74 Å². The molecule has 120 valence electrons. The molecule has 0 N–H and O–H groups in total. The molecule has 0 atom stereocenters. The maximum absolute atomic E-state index is 12.8. The van der Waals surface area contributed by atoms with E-state index in [9.17, 15) is 4.79 Å². The summed E-state index contributed by atoms with van der Waals surface area (Å²) in [5.41, 5.74) is 4.89. The van der Waals surface area contributed by atoms with E-state index in [1.807, 2.05) is 44.2 Å². The van der Waals surface area contributed by atoms with Crippen molar-refractivity contribution < 1.29 is 9.53 Å². The largest absolute Gasteiger partial charge is 0.379 e. The van der Waals surface area contributed by atoms with Gasteiger partial charge in [-0.2, -0.15) is 0 Å². The Kier molecular flexibility index (Phi) is 4.89. The normalized spacial score (nSPS) is 15.6. The molecule has 1 aliphatic heterocycles. The van der Waals surface area contributed by atoms with Gasteiger partial charge in [-0.1, -0.05) is 42.5 Å². The minimum Gasteiger partial charge on any atom is -0.379 e. The molecule has 3 nitrogen and oxygen atoms in total. The molecular formula is C20H23NO2. The first-order valence-electron chi connectivity index (χ1n) is 8.15. The first-order chi connectivity index (χ1) is 11.1. The molecule has 1 aliphatic rings. The summed E-state index contributed by atoms with van der Waals surface area (Å²) in [4.78, 5) is 15.1. The first-order valence-corrected chi connectivity index (χ1v) is 8.15. The summed E-state index contributed by atoms with van der Waals surface area (Å²) in [5, 5.41) is 0. The lowest BCUT2D eigenvalue weighted by Crippen LogP contribution is -2.35. The maximum atomic E-state index is 12.8. The third-order valence-corrected chi connectivity index (χ3v) is 4.43. The van der Waals surface area contributed by atoms with Crippen LogP contribution in [0.15, 0.2) is 42.5 Å². The van der Waals surface area contributed by atoms with E-state index in [0.29, 0.717) is 0 Å². The fourth-order valence-corrected chi connectivity index (χ4v) is 3.10. The van der Waals surface area contributed by atoms with Gasteiger partial charge in [-0.25, -0.2) is 0 Å². The van der Waals surface area contributed by atoms with Crippen LogP contribution < -0.4 is 0 Å². The number of hydrogen-bond donors (Lipinski definition) is 0. The van der Waals surface area contributed by atoms with Crippen LogP contribution in [-0.4, -0.2) is 37.0 Å². The number of morpholine rings is 1. The molecule has 0 radical (unpaired) electrons. The summed E-state index contributed by atoms with van der Waals surface area (Å²) in [6.45, 7) is 8.47. The molecule has 2 aromatic carbocycles. The molecule has 1 saturated heterocycles. The van der Waals surface area contributed by atoms with Crippen molar-refractivity contribution in [1.29, 1.82) is 0 Å². The summed E-state index contributed by atoms with van der Waals surface area (Å²) >= 11 is 0. The van der Waals surface area contributed by atoms with Gasteiger partial charge in [0.1, 0.15) is 0 Å². The van der Waals surface area contributed by atoms with Crippen molar-refractivity contribution >= 4 is 5.78 Å². The molecule has 0 unspecified atom stereocenters. The Morgan fingerprint density at radius 3 is 2.22 bits per heavy atom. The van der Waals surface area contributed by atoms with E-state index in [2.05, 4.69) is 17.0 Å². The van der Waals surface area contributed by atoms with E-state index in [1.165, 1.54) is 5.56 Å². The summed E-state index contributed by atoms with van der Waals surface area (Å²) < 4.78 is 5.37. The highest BCUT2D eigenvalue weighted by molar-refractivity contribution is 6.10. The lowest BCUT2D eigenvalue weighted by molar-refractivity contribution is 0.0342. The van der Waals surface area contributed by atoms with Crippen LogP contribution in [0.2, 0.25) is 0 Å². The highest BCUT2D eigenvalue weighted by Crippen LogP contribution is 2.19. The fourth-order valence-electron chi connectivity index (χ4n) is 3.10. The van der Waals surface area contributed by atoms with Crippen LogP contribution in [0, 0.1) is 13.8 Å². The van der Waals surface area contributed by atoms with Gasteiger partial charge in [-0.3, -0.25) is 9.69 Å². The number of aryl methyl sites for hydroxylation is 2. The second-order valence-corrected chi connectivity index (χ2v) is 6.18. The standard InChI is InChI=1S/C20H23NO2/c1-15-4-3-5-16(2)19(15)20(22)18-8-6-17(7-9-18)14-21-10-12-23-13-11-21/h3-9H,10-14H2,1-2H3. The molecule has 0 amide bonds. The van der Waals surface area contributed by atoms with Gasteiger partial charge in [0.2, 0.25) is 0 Å². The van der Waals surface area contributed by atoms with Crippen molar-refractivity contribution in [2.45, 2.75) is 20.4 Å². The van der Waals surface area contributed by atoms with Crippen LogP contribution in [0.25, 0.3) is 0 Å². The Bertz CT molecular complexity index is 665. The van der Waals surface area contributed by atoms with Gasteiger partial charge < -0.3 is 4.74 Å². The zero-order valence-electron chi connectivity index (χ0n) is 13.8. The van der Waals surface area contributed by atoms with Gasteiger partial charge in [-0.15, -0.1) is 0 Å². The predicted octanol–water partition coefficient (Wildman–Crippen LogP) is 3.37. The number of rotatable bonds is 4. The second kappa shape index (κ2) is 7.07. The highest BCUT2D eigenvalue weighted by atomic mass is 16.5. The lowest BCUT2D eigenvalue weighted by atomic mass is 9.94. The monoisotopic (exact) mass is 309 g/mol. The number of nitrogens with zero attached hydrogens (tertiary/aromatic N) is 1. The Hall–Kier alpha value is -1.97. The molecule has 3 rings (SSSR count). The number of hydrogen-bond acceptors (Lipinski definition) is 3. The zero-order chi connectivity index (χ0) is 16.2. The Morgan fingerprint density at radius 1 is 1.00 bits per heavy atom. The van der Waals surface area contributed by atoms with E-state index >= 15 is 0 Å². The van der Waals surface area contributed by atoms with E-state index < -0.39 is 0 Å². The predicted molar refractivity (Wildman–Crippen MR) is 91.9 cm³/mol. The van der Waals surface area contributed by atoms with Crippen molar-refractivity contribution in [3.05, 3.63) is 70.3 Å². The Labute approximate surface area is 137 Å². The van der Waals surface area contributed by atoms with Gasteiger partial charge in [0, 0.05) is 30.8 Å². The van der Waals surface area contributed by atoms with Gasteiger partial charge >= 0.3 is 0 Å². The van der Waals surface area contributed by atoms with Gasteiger partial charge in [0.15, 0.2) is 5.78 Å². The molecule has 0 saturated carbocycles. The van der Waals surface area contributed by atoms with Crippen molar-refractivity contribution in [1.82, 2.24) is 4.90 Å². The van der Waals surface area contributed by atoms with Crippen LogP contribution in [0.5, 0.6) is 0 Å². The maximum Gasteiger partial charge on any atom is 0.193 e. The molecule has 1 fully saturated rings. The number of ether oxygens (including phenoxy) is 1. The summed E-state index contributed by atoms with van der Waals surface area (Å²) in [6, 6.07) is 14.0. The molecule has 3 heteroatoms. The smallest absolute Gasteiger partial charge is 0.193 e. The van der Waals surface area contributed by atoms with E-state index in [-0.39, 0.29) is 5.78 Å². The molecule has 0 aliphatic carbocycles. The minimum atomic E-state index is 0.110.